The molecule has 1 heterocycles. The summed E-state index contributed by atoms with van der Waals surface area (Å²) in [5.74, 6) is -0.537. The summed E-state index contributed by atoms with van der Waals surface area (Å²) >= 11 is 5.69. The molecule has 2 N–H and O–H groups in total. The molecule has 0 unspecified atom stereocenters. The zero-order chi connectivity index (χ0) is 18.7. The van der Waals surface area contributed by atoms with Gasteiger partial charge in [-0.05, 0) is 30.3 Å². The molecular formula is C16H10ClF4N5. The van der Waals surface area contributed by atoms with Crippen LogP contribution >= 0.6 is 11.6 Å². The molecule has 134 valence electrons. The van der Waals surface area contributed by atoms with Crippen LogP contribution in [0.4, 0.5) is 40.7 Å². The third-order valence-corrected chi connectivity index (χ3v) is 3.52. The first-order valence-corrected chi connectivity index (χ1v) is 7.56. The highest BCUT2D eigenvalue weighted by Gasteiger charge is 2.33. The van der Waals surface area contributed by atoms with Gasteiger partial charge in [-0.25, -0.2) is 4.39 Å². The first-order chi connectivity index (χ1) is 12.3. The number of nitrogens with zero attached hydrogens (tertiary/aromatic N) is 3. The van der Waals surface area contributed by atoms with Crippen molar-refractivity contribution in [1.29, 1.82) is 0 Å². The van der Waals surface area contributed by atoms with Gasteiger partial charge in [-0.3, -0.25) is 0 Å². The van der Waals surface area contributed by atoms with Gasteiger partial charge < -0.3 is 10.6 Å². The van der Waals surface area contributed by atoms with Gasteiger partial charge in [-0.15, -0.1) is 5.10 Å². The van der Waals surface area contributed by atoms with Crippen LogP contribution in [0.5, 0.6) is 0 Å². The maximum Gasteiger partial charge on any atom is 0.418 e. The van der Waals surface area contributed by atoms with Crippen molar-refractivity contribution in [3.63, 3.8) is 0 Å². The molecule has 0 radical (unpaired) electrons. The Labute approximate surface area is 150 Å². The zero-order valence-corrected chi connectivity index (χ0v) is 13.6. The Morgan fingerprint density at radius 2 is 1.77 bits per heavy atom. The molecule has 0 fully saturated rings. The Hall–Kier alpha value is -2.94. The normalized spacial score (nSPS) is 11.3. The van der Waals surface area contributed by atoms with Gasteiger partial charge in [0.15, 0.2) is 5.82 Å². The minimum atomic E-state index is -4.52. The van der Waals surface area contributed by atoms with Crippen LogP contribution in [0.25, 0.3) is 0 Å². The molecule has 10 heteroatoms. The fourth-order valence-electron chi connectivity index (χ4n) is 2.10. The Bertz CT molecular complexity index is 933. The van der Waals surface area contributed by atoms with Crippen molar-refractivity contribution in [3.8, 4) is 0 Å². The van der Waals surface area contributed by atoms with Crippen LogP contribution in [0.15, 0.2) is 48.7 Å². The first kappa shape index (κ1) is 17.9. The Balaban J connectivity index is 1.83. The van der Waals surface area contributed by atoms with Gasteiger partial charge in [0, 0.05) is 5.69 Å². The predicted molar refractivity (Wildman–Crippen MR) is 89.2 cm³/mol. The van der Waals surface area contributed by atoms with Crippen LogP contribution in [0.1, 0.15) is 5.56 Å². The van der Waals surface area contributed by atoms with Crippen molar-refractivity contribution in [2.75, 3.05) is 10.6 Å². The molecule has 2 aromatic carbocycles. The van der Waals surface area contributed by atoms with Crippen molar-refractivity contribution in [2.24, 2.45) is 0 Å². The molecule has 0 spiro atoms. The smallest absolute Gasteiger partial charge is 0.338 e. The average molecular weight is 384 g/mol. The fraction of sp³-hybridized carbons (Fsp3) is 0.0625. The molecule has 0 amide bonds. The van der Waals surface area contributed by atoms with E-state index in [9.17, 15) is 17.6 Å². The number of hydrogen-bond donors (Lipinski definition) is 2. The van der Waals surface area contributed by atoms with Gasteiger partial charge in [0.2, 0.25) is 5.95 Å². The molecular weight excluding hydrogens is 374 g/mol. The van der Waals surface area contributed by atoms with E-state index in [0.717, 1.165) is 12.1 Å². The lowest BCUT2D eigenvalue weighted by Crippen LogP contribution is -2.09. The molecule has 0 saturated carbocycles. The van der Waals surface area contributed by atoms with Crippen LogP contribution < -0.4 is 10.6 Å². The van der Waals surface area contributed by atoms with Gasteiger partial charge in [-0.2, -0.15) is 23.3 Å². The van der Waals surface area contributed by atoms with Gasteiger partial charge >= 0.3 is 6.18 Å². The van der Waals surface area contributed by atoms with Gasteiger partial charge in [-0.1, -0.05) is 23.7 Å². The standard InChI is InChI=1S/C16H10ClF4N5/c17-11-7-9(5-6-12(11)18)23-15-25-14(8-22-26-15)24-13-4-2-1-3-10(13)16(19,20)21/h1-8H,(H2,23,24,25,26). The van der Waals surface area contributed by atoms with E-state index >= 15 is 0 Å². The second kappa shape index (κ2) is 7.12. The zero-order valence-electron chi connectivity index (χ0n) is 12.9. The monoisotopic (exact) mass is 383 g/mol. The number of alkyl halides is 3. The third kappa shape index (κ3) is 4.17. The number of rotatable bonds is 4. The predicted octanol–water partition coefficient (Wildman–Crippen LogP) is 5.17. The second-order valence-corrected chi connectivity index (χ2v) is 5.49. The van der Waals surface area contributed by atoms with Crippen LogP contribution in [-0.2, 0) is 6.18 Å². The summed E-state index contributed by atoms with van der Waals surface area (Å²) in [7, 11) is 0. The van der Waals surface area contributed by atoms with E-state index in [4.69, 9.17) is 11.6 Å². The molecule has 0 bridgehead atoms. The van der Waals surface area contributed by atoms with E-state index < -0.39 is 17.6 Å². The van der Waals surface area contributed by atoms with E-state index in [1.165, 1.54) is 36.5 Å². The Morgan fingerprint density at radius 1 is 1.00 bits per heavy atom. The largest absolute Gasteiger partial charge is 0.418 e. The van der Waals surface area contributed by atoms with Crippen LogP contribution in [0.2, 0.25) is 5.02 Å². The van der Waals surface area contributed by atoms with E-state index in [1.54, 1.807) is 0 Å². The topological polar surface area (TPSA) is 62.7 Å². The summed E-state index contributed by atoms with van der Waals surface area (Å²) in [6, 6.07) is 8.86. The van der Waals surface area contributed by atoms with Gasteiger partial charge in [0.1, 0.15) is 5.82 Å². The third-order valence-electron chi connectivity index (χ3n) is 3.23. The summed E-state index contributed by atoms with van der Waals surface area (Å²) in [5, 5.41) is 12.6. The molecule has 0 atom stereocenters. The van der Waals surface area contributed by atoms with Crippen molar-refractivity contribution < 1.29 is 17.6 Å². The summed E-state index contributed by atoms with van der Waals surface area (Å²) in [6.45, 7) is 0. The number of benzene rings is 2. The molecule has 0 aliphatic heterocycles. The van der Waals surface area contributed by atoms with Crippen molar-refractivity contribution >= 4 is 34.7 Å². The molecule has 1 aromatic heterocycles. The Kier molecular flexibility index (Phi) is 4.90. The lowest BCUT2D eigenvalue weighted by Gasteiger charge is -2.14. The molecule has 0 aliphatic rings. The quantitative estimate of drug-likeness (QED) is 0.608. The summed E-state index contributed by atoms with van der Waals surface area (Å²) in [6.07, 6.45) is -3.34. The number of anilines is 4. The number of aromatic nitrogens is 3. The van der Waals surface area contributed by atoms with E-state index in [0.29, 0.717) is 5.69 Å². The minimum absolute atomic E-state index is 0.00200. The highest BCUT2D eigenvalue weighted by atomic mass is 35.5. The lowest BCUT2D eigenvalue weighted by atomic mass is 10.1. The van der Waals surface area contributed by atoms with Crippen LogP contribution in [0.3, 0.4) is 0 Å². The second-order valence-electron chi connectivity index (χ2n) is 5.09. The highest BCUT2D eigenvalue weighted by molar-refractivity contribution is 6.31. The maximum absolute atomic E-state index is 13.2. The summed E-state index contributed by atoms with van der Waals surface area (Å²) in [4.78, 5) is 4.04. The van der Waals surface area contributed by atoms with E-state index in [2.05, 4.69) is 25.8 Å². The Morgan fingerprint density at radius 3 is 2.50 bits per heavy atom. The average Bonchev–Trinajstić information content (AvgIpc) is 2.58. The molecule has 5 nitrogen and oxygen atoms in total. The minimum Gasteiger partial charge on any atom is -0.338 e. The highest BCUT2D eigenvalue weighted by Crippen LogP contribution is 2.35. The number of halogens is 5. The van der Waals surface area contributed by atoms with Crippen LogP contribution in [0, 0.1) is 5.82 Å². The van der Waals surface area contributed by atoms with Gasteiger partial charge in [0.25, 0.3) is 0 Å². The molecule has 0 aliphatic carbocycles. The lowest BCUT2D eigenvalue weighted by molar-refractivity contribution is -0.136. The molecule has 3 rings (SSSR count). The van der Waals surface area contributed by atoms with Crippen LogP contribution in [-0.4, -0.2) is 15.2 Å². The number of hydrogen-bond acceptors (Lipinski definition) is 5. The summed E-state index contributed by atoms with van der Waals surface area (Å²) in [5.41, 5.74) is -0.610. The SMILES string of the molecule is Fc1ccc(Nc2nncc(Nc3ccccc3C(F)(F)F)n2)cc1Cl. The molecule has 0 saturated heterocycles. The number of nitrogens with one attached hydrogen (secondary N) is 2. The van der Waals surface area contributed by atoms with E-state index in [1.807, 2.05) is 0 Å². The maximum atomic E-state index is 13.2. The van der Waals surface area contributed by atoms with Crippen molar-refractivity contribution in [3.05, 3.63) is 65.1 Å². The van der Waals surface area contributed by atoms with Gasteiger partial charge in [0.05, 0.1) is 22.5 Å². The molecule has 26 heavy (non-hydrogen) atoms. The molecule has 3 aromatic rings. The first-order valence-electron chi connectivity index (χ1n) is 7.18. The number of para-hydroxylation sites is 1. The summed E-state index contributed by atoms with van der Waals surface area (Å²) < 4.78 is 52.3. The fourth-order valence-corrected chi connectivity index (χ4v) is 2.28. The van der Waals surface area contributed by atoms with Crippen molar-refractivity contribution in [2.45, 2.75) is 6.18 Å². The van der Waals surface area contributed by atoms with E-state index in [-0.39, 0.29) is 22.5 Å². The van der Waals surface area contributed by atoms with Crippen molar-refractivity contribution in [1.82, 2.24) is 15.2 Å².